The van der Waals surface area contributed by atoms with E-state index in [0.717, 1.165) is 11.6 Å². The number of benzene rings is 1. The van der Waals surface area contributed by atoms with Crippen molar-refractivity contribution in [3.63, 3.8) is 0 Å². The molecule has 0 spiro atoms. The van der Waals surface area contributed by atoms with Crippen molar-refractivity contribution in [2.24, 2.45) is 0 Å². The Hall–Kier alpha value is -3.02. The molecule has 0 amide bonds. The molecule has 4 rings (SSSR count). The number of pyridine rings is 1. The SMILES string of the molecule is OC(Cn1ccnn1)c1ccc(Oc2ccc(C3OCCO3)cc2)nc1C(F)(F)F. The molecule has 1 fully saturated rings. The van der Waals surface area contributed by atoms with Crippen LogP contribution in [-0.2, 0) is 22.2 Å². The number of aliphatic hydroxyl groups is 1. The van der Waals surface area contributed by atoms with E-state index in [1.807, 2.05) is 0 Å². The van der Waals surface area contributed by atoms with Gasteiger partial charge in [0.05, 0.1) is 26.0 Å². The lowest BCUT2D eigenvalue weighted by Crippen LogP contribution is -2.18. The molecule has 8 nitrogen and oxygen atoms in total. The van der Waals surface area contributed by atoms with Crippen molar-refractivity contribution < 1.29 is 32.5 Å². The molecule has 3 heterocycles. The Bertz CT molecular complexity index is 974. The number of hydrogen-bond acceptors (Lipinski definition) is 7. The lowest BCUT2D eigenvalue weighted by Gasteiger charge is -2.18. The molecule has 3 aromatic rings. The molecule has 1 aromatic carbocycles. The first kappa shape index (κ1) is 20.3. The van der Waals surface area contributed by atoms with Gasteiger partial charge < -0.3 is 19.3 Å². The van der Waals surface area contributed by atoms with Crippen molar-refractivity contribution >= 4 is 0 Å². The topological polar surface area (TPSA) is 91.5 Å². The molecular weight excluding hydrogens is 405 g/mol. The third-order valence-corrected chi connectivity index (χ3v) is 4.36. The van der Waals surface area contributed by atoms with E-state index in [9.17, 15) is 18.3 Å². The van der Waals surface area contributed by atoms with Gasteiger partial charge in [-0.15, -0.1) is 5.10 Å². The maximum Gasteiger partial charge on any atom is 0.433 e. The van der Waals surface area contributed by atoms with Gasteiger partial charge in [-0.2, -0.15) is 13.2 Å². The fourth-order valence-electron chi connectivity index (χ4n) is 2.98. The van der Waals surface area contributed by atoms with Crippen LogP contribution in [0.2, 0.25) is 0 Å². The van der Waals surface area contributed by atoms with Crippen LogP contribution >= 0.6 is 0 Å². The van der Waals surface area contributed by atoms with Crippen LogP contribution in [0.25, 0.3) is 0 Å². The first-order chi connectivity index (χ1) is 14.4. The Morgan fingerprint density at radius 3 is 2.50 bits per heavy atom. The zero-order valence-corrected chi connectivity index (χ0v) is 15.5. The predicted octanol–water partition coefficient (Wildman–Crippen LogP) is 3.26. The Kier molecular flexibility index (Phi) is 5.66. The van der Waals surface area contributed by atoms with Gasteiger partial charge in [0.1, 0.15) is 11.9 Å². The standard InChI is InChI=1S/C19H17F3N4O4/c20-19(21,22)17-14(15(27)11-26-8-7-23-25-26)5-6-16(24-17)30-13-3-1-12(2-4-13)18-28-9-10-29-18/h1-8,15,18,27H,9-11H2. The maximum atomic E-state index is 13.5. The number of ether oxygens (including phenoxy) is 3. The minimum atomic E-state index is -4.78. The summed E-state index contributed by atoms with van der Waals surface area (Å²) in [6.45, 7) is 0.808. The first-order valence-electron chi connectivity index (χ1n) is 9.01. The van der Waals surface area contributed by atoms with E-state index in [1.54, 1.807) is 24.3 Å². The van der Waals surface area contributed by atoms with Crippen LogP contribution < -0.4 is 4.74 Å². The van der Waals surface area contributed by atoms with Gasteiger partial charge in [-0.3, -0.25) is 0 Å². The molecule has 1 N–H and O–H groups in total. The second-order valence-electron chi connectivity index (χ2n) is 6.47. The van der Waals surface area contributed by atoms with Crippen LogP contribution in [0.15, 0.2) is 48.8 Å². The molecule has 2 aromatic heterocycles. The normalized spacial score (nSPS) is 16.0. The zero-order chi connectivity index (χ0) is 21.1. The fourth-order valence-corrected chi connectivity index (χ4v) is 2.98. The van der Waals surface area contributed by atoms with Crippen LogP contribution in [0.5, 0.6) is 11.6 Å². The number of alkyl halides is 3. The molecule has 1 saturated heterocycles. The Balaban J connectivity index is 1.54. The fraction of sp³-hybridized carbons (Fsp3) is 0.316. The van der Waals surface area contributed by atoms with E-state index in [1.165, 1.54) is 23.1 Å². The van der Waals surface area contributed by atoms with Gasteiger partial charge in [0.2, 0.25) is 5.88 Å². The Morgan fingerprint density at radius 2 is 1.87 bits per heavy atom. The summed E-state index contributed by atoms with van der Waals surface area (Å²) in [5, 5.41) is 17.5. The molecule has 0 radical (unpaired) electrons. The van der Waals surface area contributed by atoms with Crippen molar-refractivity contribution in [1.29, 1.82) is 0 Å². The summed E-state index contributed by atoms with van der Waals surface area (Å²) in [6.07, 6.45) is -3.91. The number of aromatic nitrogens is 4. The van der Waals surface area contributed by atoms with Crippen LogP contribution in [0, 0.1) is 0 Å². The highest BCUT2D eigenvalue weighted by Gasteiger charge is 2.37. The van der Waals surface area contributed by atoms with E-state index < -0.39 is 24.3 Å². The van der Waals surface area contributed by atoms with Crippen LogP contribution in [0.3, 0.4) is 0 Å². The minimum Gasteiger partial charge on any atom is -0.439 e. The average Bonchev–Trinajstić information content (AvgIpc) is 3.42. The lowest BCUT2D eigenvalue weighted by molar-refractivity contribution is -0.143. The Morgan fingerprint density at radius 1 is 1.13 bits per heavy atom. The monoisotopic (exact) mass is 422 g/mol. The van der Waals surface area contributed by atoms with Crippen molar-refractivity contribution in [1.82, 2.24) is 20.0 Å². The molecule has 0 saturated carbocycles. The lowest BCUT2D eigenvalue weighted by atomic mass is 10.1. The highest BCUT2D eigenvalue weighted by atomic mass is 19.4. The summed E-state index contributed by atoms with van der Waals surface area (Å²) in [6, 6.07) is 8.98. The summed E-state index contributed by atoms with van der Waals surface area (Å²) in [7, 11) is 0. The van der Waals surface area contributed by atoms with Gasteiger partial charge in [-0.05, 0) is 18.2 Å². The van der Waals surface area contributed by atoms with Crippen LogP contribution in [-0.4, -0.2) is 38.3 Å². The van der Waals surface area contributed by atoms with Crippen molar-refractivity contribution in [2.75, 3.05) is 13.2 Å². The summed E-state index contributed by atoms with van der Waals surface area (Å²) in [4.78, 5) is 3.59. The molecule has 0 bridgehead atoms. The molecule has 1 aliphatic heterocycles. The minimum absolute atomic E-state index is 0.197. The molecule has 30 heavy (non-hydrogen) atoms. The van der Waals surface area contributed by atoms with Crippen molar-refractivity contribution in [3.05, 3.63) is 65.6 Å². The van der Waals surface area contributed by atoms with Crippen molar-refractivity contribution in [3.8, 4) is 11.6 Å². The molecular formula is C19H17F3N4O4. The molecule has 1 atom stereocenters. The largest absolute Gasteiger partial charge is 0.439 e. The Labute approximate surface area is 168 Å². The van der Waals surface area contributed by atoms with Gasteiger partial charge in [0.25, 0.3) is 0 Å². The summed E-state index contributed by atoms with van der Waals surface area (Å²) in [5.74, 6) is 0.0495. The van der Waals surface area contributed by atoms with E-state index in [0.29, 0.717) is 19.0 Å². The molecule has 1 unspecified atom stereocenters. The van der Waals surface area contributed by atoms with Crippen LogP contribution in [0.1, 0.15) is 29.2 Å². The first-order valence-corrected chi connectivity index (χ1v) is 9.01. The summed E-state index contributed by atoms with van der Waals surface area (Å²) < 4.78 is 58.1. The number of halogens is 3. The van der Waals surface area contributed by atoms with Gasteiger partial charge in [0, 0.05) is 23.4 Å². The second kappa shape index (κ2) is 8.38. The number of rotatable bonds is 6. The van der Waals surface area contributed by atoms with Crippen LogP contribution in [0.4, 0.5) is 13.2 Å². The van der Waals surface area contributed by atoms with E-state index in [4.69, 9.17) is 14.2 Å². The number of aliphatic hydroxyl groups excluding tert-OH is 1. The second-order valence-corrected chi connectivity index (χ2v) is 6.47. The quantitative estimate of drug-likeness (QED) is 0.652. The van der Waals surface area contributed by atoms with Crippen molar-refractivity contribution in [2.45, 2.75) is 25.1 Å². The van der Waals surface area contributed by atoms with E-state index in [2.05, 4.69) is 15.3 Å². The van der Waals surface area contributed by atoms with E-state index in [-0.39, 0.29) is 18.0 Å². The van der Waals surface area contributed by atoms with Gasteiger partial charge in [-0.25, -0.2) is 9.67 Å². The zero-order valence-electron chi connectivity index (χ0n) is 15.5. The van der Waals surface area contributed by atoms with Gasteiger partial charge >= 0.3 is 6.18 Å². The summed E-state index contributed by atoms with van der Waals surface area (Å²) in [5.41, 5.74) is -0.830. The smallest absolute Gasteiger partial charge is 0.433 e. The van der Waals surface area contributed by atoms with E-state index >= 15 is 0 Å². The predicted molar refractivity (Wildman–Crippen MR) is 95.4 cm³/mol. The number of hydrogen-bond donors (Lipinski definition) is 1. The average molecular weight is 422 g/mol. The highest BCUT2D eigenvalue weighted by Crippen LogP contribution is 2.36. The third-order valence-electron chi connectivity index (χ3n) is 4.36. The third kappa shape index (κ3) is 4.58. The molecule has 11 heteroatoms. The molecule has 0 aliphatic carbocycles. The number of nitrogens with zero attached hydrogens (tertiary/aromatic N) is 4. The van der Waals surface area contributed by atoms with Gasteiger partial charge in [0.15, 0.2) is 12.0 Å². The molecule has 158 valence electrons. The maximum absolute atomic E-state index is 13.5. The molecule has 1 aliphatic rings. The summed E-state index contributed by atoms with van der Waals surface area (Å²) >= 11 is 0. The van der Waals surface area contributed by atoms with Gasteiger partial charge in [-0.1, -0.05) is 17.3 Å². The highest BCUT2D eigenvalue weighted by molar-refractivity contribution is 5.34.